The molecule has 1 aliphatic rings. The SMILES string of the molecule is Cc1cccc2c3c([nH]c12)CCC(C(C)C)C3. The van der Waals surface area contributed by atoms with Crippen LogP contribution in [0.5, 0.6) is 0 Å². The van der Waals surface area contributed by atoms with Gasteiger partial charge in [-0.15, -0.1) is 0 Å². The molecule has 1 aromatic carbocycles. The third-order valence-electron chi connectivity index (χ3n) is 4.41. The first-order chi connectivity index (χ1) is 8.16. The molecule has 0 bridgehead atoms. The molecule has 1 heterocycles. The second-order valence-electron chi connectivity index (χ2n) is 5.83. The first kappa shape index (κ1) is 10.9. The third kappa shape index (κ3) is 1.69. The van der Waals surface area contributed by atoms with Gasteiger partial charge in [-0.25, -0.2) is 0 Å². The van der Waals surface area contributed by atoms with Crippen LogP contribution in [0.4, 0.5) is 0 Å². The van der Waals surface area contributed by atoms with Crippen LogP contribution in [0.15, 0.2) is 18.2 Å². The Bertz CT molecular complexity index is 548. The monoisotopic (exact) mass is 227 g/mol. The Balaban J connectivity index is 2.12. The van der Waals surface area contributed by atoms with E-state index in [1.54, 1.807) is 5.56 Å². The van der Waals surface area contributed by atoms with E-state index in [0.717, 1.165) is 11.8 Å². The molecule has 0 amide bonds. The summed E-state index contributed by atoms with van der Waals surface area (Å²) in [6.45, 7) is 6.91. The second kappa shape index (κ2) is 3.90. The van der Waals surface area contributed by atoms with Gasteiger partial charge in [0, 0.05) is 16.6 Å². The molecule has 1 nitrogen and oxygen atoms in total. The summed E-state index contributed by atoms with van der Waals surface area (Å²) < 4.78 is 0. The van der Waals surface area contributed by atoms with Gasteiger partial charge in [-0.2, -0.15) is 0 Å². The first-order valence-corrected chi connectivity index (χ1v) is 6.76. The molecule has 1 aliphatic carbocycles. The van der Waals surface area contributed by atoms with Gasteiger partial charge < -0.3 is 4.98 Å². The number of fused-ring (bicyclic) bond motifs is 3. The van der Waals surface area contributed by atoms with E-state index in [9.17, 15) is 0 Å². The van der Waals surface area contributed by atoms with Crippen LogP contribution in [-0.4, -0.2) is 4.98 Å². The van der Waals surface area contributed by atoms with Gasteiger partial charge in [-0.1, -0.05) is 32.0 Å². The fraction of sp³-hybridized carbons (Fsp3) is 0.500. The molecule has 0 fully saturated rings. The Hall–Kier alpha value is -1.24. The third-order valence-corrected chi connectivity index (χ3v) is 4.41. The van der Waals surface area contributed by atoms with Crippen molar-refractivity contribution in [2.24, 2.45) is 11.8 Å². The standard InChI is InChI=1S/C16H21N/c1-10(2)12-7-8-15-14(9-12)13-6-4-5-11(3)16(13)17-15/h4-6,10,12,17H,7-9H2,1-3H3. The molecular weight excluding hydrogens is 206 g/mol. The van der Waals surface area contributed by atoms with Gasteiger partial charge in [-0.3, -0.25) is 0 Å². The normalized spacial score (nSPS) is 19.9. The lowest BCUT2D eigenvalue weighted by Gasteiger charge is -2.25. The minimum absolute atomic E-state index is 0.804. The van der Waals surface area contributed by atoms with Crippen molar-refractivity contribution in [3.63, 3.8) is 0 Å². The van der Waals surface area contributed by atoms with Gasteiger partial charge in [0.1, 0.15) is 0 Å². The molecule has 1 N–H and O–H groups in total. The van der Waals surface area contributed by atoms with Crippen LogP contribution in [0, 0.1) is 18.8 Å². The number of aromatic amines is 1. The summed E-state index contributed by atoms with van der Waals surface area (Å²) in [4.78, 5) is 3.64. The van der Waals surface area contributed by atoms with Crippen molar-refractivity contribution in [3.05, 3.63) is 35.0 Å². The maximum absolute atomic E-state index is 3.64. The summed E-state index contributed by atoms with van der Waals surface area (Å²) in [6.07, 6.45) is 3.83. The van der Waals surface area contributed by atoms with Crippen LogP contribution >= 0.6 is 0 Å². The summed E-state index contributed by atoms with van der Waals surface area (Å²) in [5.41, 5.74) is 5.82. The number of H-pyrrole nitrogens is 1. The van der Waals surface area contributed by atoms with Gasteiger partial charge in [0.25, 0.3) is 0 Å². The zero-order valence-corrected chi connectivity index (χ0v) is 11.0. The Labute approximate surface area is 103 Å². The highest BCUT2D eigenvalue weighted by molar-refractivity contribution is 5.87. The number of benzene rings is 1. The van der Waals surface area contributed by atoms with E-state index in [2.05, 4.69) is 44.0 Å². The van der Waals surface area contributed by atoms with Crippen LogP contribution in [0.1, 0.15) is 37.1 Å². The maximum Gasteiger partial charge on any atom is 0.0488 e. The Kier molecular flexibility index (Phi) is 2.50. The van der Waals surface area contributed by atoms with Gasteiger partial charge in [0.2, 0.25) is 0 Å². The predicted molar refractivity (Wildman–Crippen MR) is 73.4 cm³/mol. The van der Waals surface area contributed by atoms with E-state index < -0.39 is 0 Å². The average Bonchev–Trinajstić information content (AvgIpc) is 2.68. The predicted octanol–water partition coefficient (Wildman–Crippen LogP) is 4.24. The van der Waals surface area contributed by atoms with Crippen molar-refractivity contribution in [2.45, 2.75) is 40.0 Å². The molecule has 1 heteroatoms. The first-order valence-electron chi connectivity index (χ1n) is 6.76. The lowest BCUT2D eigenvalue weighted by Crippen LogP contribution is -2.18. The van der Waals surface area contributed by atoms with Crippen molar-refractivity contribution in [1.29, 1.82) is 0 Å². The number of hydrogen-bond donors (Lipinski definition) is 1. The van der Waals surface area contributed by atoms with Gasteiger partial charge in [-0.05, 0) is 49.1 Å². The van der Waals surface area contributed by atoms with Gasteiger partial charge >= 0.3 is 0 Å². The summed E-state index contributed by atoms with van der Waals surface area (Å²) in [6, 6.07) is 6.66. The molecule has 0 aliphatic heterocycles. The second-order valence-corrected chi connectivity index (χ2v) is 5.83. The molecule has 0 spiro atoms. The number of para-hydroxylation sites is 1. The number of aromatic nitrogens is 1. The zero-order chi connectivity index (χ0) is 12.0. The Morgan fingerprint density at radius 3 is 2.88 bits per heavy atom. The molecule has 1 aromatic heterocycles. The Morgan fingerprint density at radius 1 is 1.29 bits per heavy atom. The van der Waals surface area contributed by atoms with E-state index in [1.165, 1.54) is 41.4 Å². The summed E-state index contributed by atoms with van der Waals surface area (Å²) >= 11 is 0. The number of rotatable bonds is 1. The number of aryl methyl sites for hydroxylation is 2. The molecule has 0 radical (unpaired) electrons. The van der Waals surface area contributed by atoms with Crippen LogP contribution in [0.2, 0.25) is 0 Å². The topological polar surface area (TPSA) is 15.8 Å². The van der Waals surface area contributed by atoms with E-state index >= 15 is 0 Å². The van der Waals surface area contributed by atoms with Crippen LogP contribution in [0.25, 0.3) is 10.9 Å². The quantitative estimate of drug-likeness (QED) is 0.750. The van der Waals surface area contributed by atoms with Gasteiger partial charge in [0.05, 0.1) is 0 Å². The lowest BCUT2D eigenvalue weighted by molar-refractivity contribution is 0.342. The highest BCUT2D eigenvalue weighted by atomic mass is 14.7. The van der Waals surface area contributed by atoms with Crippen molar-refractivity contribution < 1.29 is 0 Å². The molecular formula is C16H21N. The molecule has 1 unspecified atom stereocenters. The largest absolute Gasteiger partial charge is 0.358 e. The minimum atomic E-state index is 0.804. The molecule has 3 rings (SSSR count). The van der Waals surface area contributed by atoms with Gasteiger partial charge in [0.15, 0.2) is 0 Å². The van der Waals surface area contributed by atoms with Crippen molar-refractivity contribution >= 4 is 10.9 Å². The van der Waals surface area contributed by atoms with E-state index in [4.69, 9.17) is 0 Å². The number of hydrogen-bond acceptors (Lipinski definition) is 0. The van der Waals surface area contributed by atoms with E-state index in [-0.39, 0.29) is 0 Å². The highest BCUT2D eigenvalue weighted by Crippen LogP contribution is 2.35. The molecule has 17 heavy (non-hydrogen) atoms. The highest BCUT2D eigenvalue weighted by Gasteiger charge is 2.24. The average molecular weight is 227 g/mol. The van der Waals surface area contributed by atoms with Crippen LogP contribution < -0.4 is 0 Å². The minimum Gasteiger partial charge on any atom is -0.358 e. The van der Waals surface area contributed by atoms with Crippen molar-refractivity contribution in [1.82, 2.24) is 4.98 Å². The molecule has 90 valence electrons. The summed E-state index contributed by atoms with van der Waals surface area (Å²) in [5, 5.41) is 1.46. The zero-order valence-electron chi connectivity index (χ0n) is 11.0. The number of nitrogens with one attached hydrogen (secondary N) is 1. The summed E-state index contributed by atoms with van der Waals surface area (Å²) in [7, 11) is 0. The smallest absolute Gasteiger partial charge is 0.0488 e. The van der Waals surface area contributed by atoms with E-state index in [0.29, 0.717) is 0 Å². The van der Waals surface area contributed by atoms with Crippen LogP contribution in [-0.2, 0) is 12.8 Å². The van der Waals surface area contributed by atoms with E-state index in [1.807, 2.05) is 0 Å². The molecule has 2 aromatic rings. The molecule has 0 saturated carbocycles. The van der Waals surface area contributed by atoms with Crippen molar-refractivity contribution in [2.75, 3.05) is 0 Å². The van der Waals surface area contributed by atoms with Crippen LogP contribution in [0.3, 0.4) is 0 Å². The maximum atomic E-state index is 3.64. The molecule has 1 atom stereocenters. The fourth-order valence-electron chi connectivity index (χ4n) is 3.18. The molecule has 0 saturated heterocycles. The Morgan fingerprint density at radius 2 is 2.12 bits per heavy atom. The summed E-state index contributed by atoms with van der Waals surface area (Å²) in [5.74, 6) is 1.67. The lowest BCUT2D eigenvalue weighted by atomic mass is 9.80. The van der Waals surface area contributed by atoms with Crippen molar-refractivity contribution in [3.8, 4) is 0 Å². The fourth-order valence-corrected chi connectivity index (χ4v) is 3.18.